The average Bonchev–Trinajstić information content (AvgIpc) is 2.77. The Kier molecular flexibility index (Phi) is 5.73. The van der Waals surface area contributed by atoms with Crippen LogP contribution in [0.5, 0.6) is 0 Å². The van der Waals surface area contributed by atoms with Crippen molar-refractivity contribution in [1.29, 1.82) is 0 Å². The van der Waals surface area contributed by atoms with Gasteiger partial charge in [0, 0.05) is 41.4 Å². The Labute approximate surface area is 124 Å². The summed E-state index contributed by atoms with van der Waals surface area (Å²) in [6, 6.07) is 9.44. The van der Waals surface area contributed by atoms with Crippen LogP contribution in [0.15, 0.2) is 29.6 Å². The van der Waals surface area contributed by atoms with Crippen LogP contribution < -0.4 is 10.2 Å². The van der Waals surface area contributed by atoms with Crippen molar-refractivity contribution >= 4 is 51.9 Å². The molecule has 0 radical (unpaired) electrons. The Morgan fingerprint density at radius 1 is 1.28 bits per heavy atom. The molecule has 100 valence electrons. The lowest BCUT2D eigenvalue weighted by atomic mass is 10.1. The molecule has 1 aliphatic rings. The minimum atomic E-state index is 0. The maximum absolute atomic E-state index is 3.44. The van der Waals surface area contributed by atoms with Gasteiger partial charge < -0.3 is 10.2 Å². The first-order valence-electron chi connectivity index (χ1n) is 5.80. The summed E-state index contributed by atoms with van der Waals surface area (Å²) < 4.78 is 1.39. The van der Waals surface area contributed by atoms with Crippen LogP contribution in [0.3, 0.4) is 0 Å². The fraction of sp³-hybridized carbons (Fsp3) is 0.385. The number of fused-ring (bicyclic) bond motifs is 1. The summed E-state index contributed by atoms with van der Waals surface area (Å²) in [5.74, 6) is 0. The number of rotatable bonds is 1. The van der Waals surface area contributed by atoms with Gasteiger partial charge in [-0.05, 0) is 30.5 Å². The van der Waals surface area contributed by atoms with Crippen LogP contribution in [0.4, 0.5) is 5.69 Å². The van der Waals surface area contributed by atoms with Gasteiger partial charge in [-0.15, -0.1) is 36.2 Å². The first kappa shape index (κ1) is 15.6. The van der Waals surface area contributed by atoms with E-state index in [0.29, 0.717) is 6.04 Å². The SMILES string of the molecule is CC1CNCCN1c1cccc2sccc12.Cl.Cl. The van der Waals surface area contributed by atoms with E-state index in [1.807, 2.05) is 11.3 Å². The maximum Gasteiger partial charge on any atom is 0.0457 e. The summed E-state index contributed by atoms with van der Waals surface area (Å²) in [5.41, 5.74) is 1.40. The van der Waals surface area contributed by atoms with Gasteiger partial charge in [-0.1, -0.05) is 6.07 Å². The molecule has 5 heteroatoms. The van der Waals surface area contributed by atoms with Crippen molar-refractivity contribution in [1.82, 2.24) is 5.32 Å². The number of nitrogens with zero attached hydrogens (tertiary/aromatic N) is 1. The number of piperazine rings is 1. The van der Waals surface area contributed by atoms with Gasteiger partial charge in [-0.2, -0.15) is 0 Å². The third-order valence-electron chi connectivity index (χ3n) is 3.28. The molecule has 2 aromatic rings. The van der Waals surface area contributed by atoms with E-state index < -0.39 is 0 Å². The van der Waals surface area contributed by atoms with Crippen molar-refractivity contribution in [2.75, 3.05) is 24.5 Å². The zero-order valence-electron chi connectivity index (χ0n) is 10.3. The lowest BCUT2D eigenvalue weighted by Crippen LogP contribution is -2.49. The van der Waals surface area contributed by atoms with Gasteiger partial charge in [-0.3, -0.25) is 0 Å². The van der Waals surface area contributed by atoms with E-state index in [0.717, 1.165) is 19.6 Å². The monoisotopic (exact) mass is 304 g/mol. The number of benzene rings is 1. The maximum atomic E-state index is 3.44. The molecule has 2 nitrogen and oxygen atoms in total. The summed E-state index contributed by atoms with van der Waals surface area (Å²) in [7, 11) is 0. The zero-order chi connectivity index (χ0) is 11.0. The first-order chi connectivity index (χ1) is 7.86. The molecule has 1 unspecified atom stereocenters. The largest absolute Gasteiger partial charge is 0.366 e. The minimum Gasteiger partial charge on any atom is -0.366 e. The van der Waals surface area contributed by atoms with E-state index in [2.05, 4.69) is 46.8 Å². The lowest BCUT2D eigenvalue weighted by Gasteiger charge is -2.36. The third-order valence-corrected chi connectivity index (χ3v) is 4.17. The molecule has 1 N–H and O–H groups in total. The number of anilines is 1. The standard InChI is InChI=1S/C13H16N2S.2ClH/c1-10-9-14-6-7-15(10)12-3-2-4-13-11(12)5-8-16-13;;/h2-5,8,10,14H,6-7,9H2,1H3;2*1H. The van der Waals surface area contributed by atoms with Crippen LogP contribution in [0, 0.1) is 0 Å². The fourth-order valence-corrected chi connectivity index (χ4v) is 3.23. The molecule has 0 saturated carbocycles. The molecule has 0 spiro atoms. The molecule has 1 fully saturated rings. The lowest BCUT2D eigenvalue weighted by molar-refractivity contribution is 0.502. The van der Waals surface area contributed by atoms with Gasteiger partial charge in [0.1, 0.15) is 0 Å². The van der Waals surface area contributed by atoms with Gasteiger partial charge >= 0.3 is 0 Å². The second-order valence-electron chi connectivity index (χ2n) is 4.36. The number of thiophene rings is 1. The predicted molar refractivity (Wildman–Crippen MR) is 86.0 cm³/mol. The van der Waals surface area contributed by atoms with Crippen molar-refractivity contribution < 1.29 is 0 Å². The van der Waals surface area contributed by atoms with Gasteiger partial charge in [0.25, 0.3) is 0 Å². The Morgan fingerprint density at radius 2 is 2.11 bits per heavy atom. The highest BCUT2D eigenvalue weighted by molar-refractivity contribution is 7.17. The molecule has 1 aromatic carbocycles. The third kappa shape index (κ3) is 2.75. The van der Waals surface area contributed by atoms with Gasteiger partial charge in [0.2, 0.25) is 0 Å². The van der Waals surface area contributed by atoms with Crippen molar-refractivity contribution in [3.8, 4) is 0 Å². The van der Waals surface area contributed by atoms with Gasteiger partial charge in [0.05, 0.1) is 0 Å². The molecule has 2 heterocycles. The second-order valence-corrected chi connectivity index (χ2v) is 5.30. The summed E-state index contributed by atoms with van der Waals surface area (Å²) in [4.78, 5) is 2.52. The van der Waals surface area contributed by atoms with E-state index in [9.17, 15) is 0 Å². The highest BCUT2D eigenvalue weighted by Gasteiger charge is 2.19. The van der Waals surface area contributed by atoms with E-state index in [4.69, 9.17) is 0 Å². The number of halogens is 2. The average molecular weight is 305 g/mol. The van der Waals surface area contributed by atoms with Gasteiger partial charge in [-0.25, -0.2) is 0 Å². The molecule has 1 aromatic heterocycles. The number of nitrogens with one attached hydrogen (secondary N) is 1. The van der Waals surface area contributed by atoms with E-state index in [-0.39, 0.29) is 24.8 Å². The van der Waals surface area contributed by atoms with Crippen LogP contribution >= 0.6 is 36.2 Å². The van der Waals surface area contributed by atoms with E-state index in [1.54, 1.807) is 0 Å². The van der Waals surface area contributed by atoms with Crippen molar-refractivity contribution in [2.45, 2.75) is 13.0 Å². The zero-order valence-corrected chi connectivity index (χ0v) is 12.7. The molecule has 3 rings (SSSR count). The molecule has 1 atom stereocenters. The summed E-state index contributed by atoms with van der Waals surface area (Å²) in [5, 5.41) is 7.02. The molecule has 0 bridgehead atoms. The Bertz CT molecular complexity index is 500. The van der Waals surface area contributed by atoms with E-state index >= 15 is 0 Å². The van der Waals surface area contributed by atoms with Crippen LogP contribution in [0.25, 0.3) is 10.1 Å². The van der Waals surface area contributed by atoms with Crippen LogP contribution in [-0.4, -0.2) is 25.7 Å². The highest BCUT2D eigenvalue weighted by atomic mass is 35.5. The molecule has 1 aliphatic heterocycles. The summed E-state index contributed by atoms with van der Waals surface area (Å²) >= 11 is 1.82. The van der Waals surface area contributed by atoms with Crippen molar-refractivity contribution in [3.63, 3.8) is 0 Å². The van der Waals surface area contributed by atoms with Crippen LogP contribution in [0.2, 0.25) is 0 Å². The number of hydrogen-bond acceptors (Lipinski definition) is 3. The normalized spacial score (nSPS) is 19.2. The van der Waals surface area contributed by atoms with Gasteiger partial charge in [0.15, 0.2) is 0 Å². The smallest absolute Gasteiger partial charge is 0.0457 e. The molecule has 0 amide bonds. The molecule has 1 saturated heterocycles. The second kappa shape index (κ2) is 6.62. The molecule has 0 aliphatic carbocycles. The Balaban J connectivity index is 0.000000810. The first-order valence-corrected chi connectivity index (χ1v) is 6.68. The summed E-state index contributed by atoms with van der Waals surface area (Å²) in [6.07, 6.45) is 0. The Hall–Kier alpha value is -0.480. The topological polar surface area (TPSA) is 15.3 Å². The molecular formula is C13H18Cl2N2S. The van der Waals surface area contributed by atoms with Crippen LogP contribution in [0.1, 0.15) is 6.92 Å². The van der Waals surface area contributed by atoms with E-state index in [1.165, 1.54) is 15.8 Å². The highest BCUT2D eigenvalue weighted by Crippen LogP contribution is 2.31. The molecule has 18 heavy (non-hydrogen) atoms. The van der Waals surface area contributed by atoms with Crippen molar-refractivity contribution in [3.05, 3.63) is 29.6 Å². The Morgan fingerprint density at radius 3 is 2.89 bits per heavy atom. The predicted octanol–water partition coefficient (Wildman–Crippen LogP) is 3.54. The fourth-order valence-electron chi connectivity index (χ4n) is 2.43. The number of hydrogen-bond donors (Lipinski definition) is 1. The summed E-state index contributed by atoms with van der Waals surface area (Å²) in [6.45, 7) is 5.57. The quantitative estimate of drug-likeness (QED) is 0.867. The minimum absolute atomic E-state index is 0. The van der Waals surface area contributed by atoms with Crippen LogP contribution in [-0.2, 0) is 0 Å². The molecular weight excluding hydrogens is 287 g/mol. The van der Waals surface area contributed by atoms with Crippen molar-refractivity contribution in [2.24, 2.45) is 0 Å².